The minimum Gasteiger partial charge on any atom is -0.508 e. The second-order valence-electron chi connectivity index (χ2n) is 26.7. The van der Waals surface area contributed by atoms with Crippen molar-refractivity contribution in [3.63, 3.8) is 0 Å². The van der Waals surface area contributed by atoms with Gasteiger partial charge in [-0.15, -0.1) is 0 Å². The molecule has 0 spiro atoms. The lowest BCUT2D eigenvalue weighted by Crippen LogP contribution is -2.61. The van der Waals surface area contributed by atoms with Gasteiger partial charge in [-0.1, -0.05) is 98.8 Å². The van der Waals surface area contributed by atoms with Crippen LogP contribution < -0.4 is 65.1 Å². The van der Waals surface area contributed by atoms with Gasteiger partial charge in [0.25, 0.3) is 0 Å². The molecule has 10 atom stereocenters. The Morgan fingerprint density at radius 1 is 0.660 bits per heavy atom. The summed E-state index contributed by atoms with van der Waals surface area (Å²) >= 11 is 0. The summed E-state index contributed by atoms with van der Waals surface area (Å²) in [6.07, 6.45) is 0.783. The number of aliphatic imine (C=N–C) groups is 1. The largest absolute Gasteiger partial charge is 0.508 e. The highest BCUT2D eigenvalue weighted by Gasteiger charge is 2.42. The maximum Gasteiger partial charge on any atom is 0.245 e. The number of aromatic hydroxyl groups is 1. The molecule has 9 rings (SSSR count). The first-order chi connectivity index (χ1) is 49.3. The van der Waals surface area contributed by atoms with Crippen LogP contribution in [0.4, 0.5) is 4.39 Å². The number of rotatable bonds is 21. The summed E-state index contributed by atoms with van der Waals surface area (Å²) in [7, 11) is 0. The van der Waals surface area contributed by atoms with E-state index in [2.05, 4.69) is 57.8 Å². The number of carbonyl (C=O) groups excluding carboxylic acids is 12. The number of aromatic nitrogens is 1. The first-order valence-electron chi connectivity index (χ1n) is 34.4. The molecule has 3 fully saturated rings. The molecular formula is C73H89FN16O13. The molecule has 29 nitrogen and oxygen atoms in total. The lowest BCUT2D eigenvalue weighted by molar-refractivity contribution is -0.142. The zero-order chi connectivity index (χ0) is 74.0. The van der Waals surface area contributed by atoms with Crippen molar-refractivity contribution < 1.29 is 67.0 Å². The number of H-pyrrole nitrogens is 1. The van der Waals surface area contributed by atoms with Gasteiger partial charge in [-0.05, 0) is 114 Å². The first-order valence-corrected chi connectivity index (χ1v) is 34.4. The number of carbonyl (C=O) groups is 12. The van der Waals surface area contributed by atoms with E-state index >= 15 is 24.0 Å². The topological polar surface area (TPSA) is 446 Å². The zero-order valence-electron chi connectivity index (χ0n) is 57.5. The van der Waals surface area contributed by atoms with Gasteiger partial charge in [0.1, 0.15) is 72.0 Å². The van der Waals surface area contributed by atoms with Crippen LogP contribution in [-0.2, 0) is 83.2 Å². The van der Waals surface area contributed by atoms with Crippen molar-refractivity contribution in [2.24, 2.45) is 28.1 Å². The van der Waals surface area contributed by atoms with E-state index < -0.39 is 144 Å². The molecule has 0 saturated carbocycles. The highest BCUT2D eigenvalue weighted by Crippen LogP contribution is 2.25. The minimum atomic E-state index is -2.00. The third-order valence-electron chi connectivity index (χ3n) is 18.5. The number of nitrogens with zero attached hydrogens (tertiary/aromatic N) is 3. The van der Waals surface area contributed by atoms with E-state index in [4.69, 9.17) is 17.2 Å². The number of amides is 12. The Kier molecular flexibility index (Phi) is 25.9. The van der Waals surface area contributed by atoms with E-state index in [0.29, 0.717) is 46.0 Å². The van der Waals surface area contributed by atoms with E-state index in [-0.39, 0.29) is 101 Å². The van der Waals surface area contributed by atoms with Gasteiger partial charge in [0.05, 0.1) is 6.42 Å². The number of guanidine groups is 1. The van der Waals surface area contributed by atoms with Crippen LogP contribution in [0.5, 0.6) is 5.75 Å². The van der Waals surface area contributed by atoms with Gasteiger partial charge in [0.15, 0.2) is 5.96 Å². The average Bonchev–Trinajstić information content (AvgIpc) is 1.80. The molecule has 0 aliphatic carbocycles. The van der Waals surface area contributed by atoms with Crippen LogP contribution in [0, 0.1) is 11.7 Å². The molecular weight excluding hydrogens is 1330 g/mol. The SMILES string of the molecule is CC(=O)N1CCC[C@@H]1C(=O)N[C@@H](Cc1ccc(F)cc1)C(=O)N[C@@H](Cc1c[nH]c2ccccc12)C(=O)N[C@H]1CC(=O)NC[C@@H](C(N)=O)NC(=O)[C@@H]2CCCN2C(=O)[C@@H](CCCN=C(N)N)NC(=O)[C@H](CC(C)C)NC(=O)[C@@H](Cc2ccc3ccccc3c2)NC(=O)[C@H](Cc2ccc(O)cc2)NC1=O. The lowest BCUT2D eigenvalue weighted by atomic mass is 9.98. The van der Waals surface area contributed by atoms with E-state index in [0.717, 1.165) is 22.9 Å². The van der Waals surface area contributed by atoms with Crippen LogP contribution in [0.15, 0.2) is 126 Å². The number of phenols is 1. The standard InChI is InChI=1S/C73H89FN16O13/c1-40(2)31-53-64(95)81-52(15-8-28-78-73(76)77)72(103)90-30-10-17-61(90)71(102)88-59(63(75)94)39-80-62(93)37-58(69(100)83-54(34-43-21-26-49(92)27-22-43)65(96)84-56(67(98)82-53)35-44-18-23-45-11-4-5-12-46(45)32-44)86-68(99)57(36-47-38-79-51-14-7-6-13-50(47)51)85-66(97)55(33-42-19-24-48(74)25-20-42)87-70(101)60-16-9-29-89(60)41(3)91/h4-7,11-14,18-27,32,38,40,52-61,79,92H,8-10,15-17,28-31,33-37,39H2,1-3H3,(H2,75,94)(H,80,93)(H,81,95)(H,82,98)(H,83,100)(H,84,96)(H,85,97)(H,86,99)(H,87,101)(H,88,102)(H4,76,77,78)/t52-,53+,54+,55+,56-,57+,58+,59+,60-,61+/m1/s1. The molecule has 5 aromatic carbocycles. The van der Waals surface area contributed by atoms with Gasteiger partial charge < -0.3 is 84.9 Å². The van der Waals surface area contributed by atoms with Crippen LogP contribution in [0.2, 0.25) is 0 Å². The molecule has 1 aromatic heterocycles. The Morgan fingerprint density at radius 3 is 1.98 bits per heavy atom. The quantitative estimate of drug-likeness (QED) is 0.0264. The summed E-state index contributed by atoms with van der Waals surface area (Å²) in [5, 5.41) is 36.9. The van der Waals surface area contributed by atoms with Gasteiger partial charge in [0, 0.05) is 75.9 Å². The van der Waals surface area contributed by atoms with Crippen LogP contribution in [0.3, 0.4) is 0 Å². The molecule has 0 bridgehead atoms. The number of para-hydroxylation sites is 1. The molecule has 3 aliphatic rings. The third kappa shape index (κ3) is 20.8. The average molecular weight is 1420 g/mol. The fourth-order valence-corrected chi connectivity index (χ4v) is 13.1. The van der Waals surface area contributed by atoms with E-state index in [1.165, 1.54) is 53.1 Å². The molecule has 30 heteroatoms. The molecule has 0 radical (unpaired) electrons. The summed E-state index contributed by atoms with van der Waals surface area (Å²) in [5.41, 5.74) is 19.5. The van der Waals surface area contributed by atoms with Crippen molar-refractivity contribution in [1.29, 1.82) is 0 Å². The number of nitrogens with one attached hydrogen (secondary N) is 10. The molecule has 4 heterocycles. The van der Waals surface area contributed by atoms with Crippen LogP contribution in [0.1, 0.15) is 94.4 Å². The second-order valence-corrected chi connectivity index (χ2v) is 26.7. The van der Waals surface area contributed by atoms with Crippen LogP contribution in [0.25, 0.3) is 21.7 Å². The van der Waals surface area contributed by atoms with Gasteiger partial charge in [-0.2, -0.15) is 0 Å². The Hall–Kier alpha value is -11.5. The number of phenolic OH excluding ortho intramolecular Hbond substituents is 1. The second kappa shape index (κ2) is 35.2. The third-order valence-corrected chi connectivity index (χ3v) is 18.5. The summed E-state index contributed by atoms with van der Waals surface area (Å²) in [6, 6.07) is 15.7. The highest BCUT2D eigenvalue weighted by molar-refractivity contribution is 6.01. The normalized spacial score (nSPS) is 21.7. The number of primary amides is 1. The Bertz CT molecular complexity index is 4150. The van der Waals surface area contributed by atoms with Crippen molar-refractivity contribution in [2.45, 2.75) is 158 Å². The molecule has 3 saturated heterocycles. The molecule has 0 unspecified atom stereocenters. The number of likely N-dealkylation sites (tertiary alicyclic amines) is 1. The van der Waals surface area contributed by atoms with Gasteiger partial charge in [-0.3, -0.25) is 62.5 Å². The minimum absolute atomic E-state index is 0.00668. The number of halogens is 1. The van der Waals surface area contributed by atoms with Gasteiger partial charge in [-0.25, -0.2) is 4.39 Å². The predicted molar refractivity (Wildman–Crippen MR) is 378 cm³/mol. The number of benzene rings is 5. The maximum absolute atomic E-state index is 15.5. The summed E-state index contributed by atoms with van der Waals surface area (Å²) in [5.74, 6) is -11.9. The number of hydrogen-bond donors (Lipinski definition) is 14. The molecule has 3 aliphatic heterocycles. The zero-order valence-corrected chi connectivity index (χ0v) is 57.5. The summed E-state index contributed by atoms with van der Waals surface area (Å²) < 4.78 is 14.3. The summed E-state index contributed by atoms with van der Waals surface area (Å²) in [4.78, 5) is 185. The maximum atomic E-state index is 15.5. The highest BCUT2D eigenvalue weighted by atomic mass is 19.1. The van der Waals surface area contributed by atoms with Crippen molar-refractivity contribution in [1.82, 2.24) is 62.6 Å². The molecule has 17 N–H and O–H groups in total. The van der Waals surface area contributed by atoms with Crippen molar-refractivity contribution >= 4 is 98.5 Å². The summed E-state index contributed by atoms with van der Waals surface area (Å²) in [6.45, 7) is 4.56. The Morgan fingerprint density at radius 2 is 1.28 bits per heavy atom. The molecule has 103 heavy (non-hydrogen) atoms. The van der Waals surface area contributed by atoms with E-state index in [9.17, 15) is 43.1 Å². The van der Waals surface area contributed by atoms with Crippen molar-refractivity contribution in [2.75, 3.05) is 26.2 Å². The Balaban J connectivity index is 1.11. The Labute approximate surface area is 593 Å². The number of nitrogens with two attached hydrogens (primary N) is 3. The van der Waals surface area contributed by atoms with Crippen molar-refractivity contribution in [3.8, 4) is 5.75 Å². The van der Waals surface area contributed by atoms with Crippen LogP contribution in [-0.4, -0.2) is 183 Å². The van der Waals surface area contributed by atoms with Crippen molar-refractivity contribution in [3.05, 3.63) is 150 Å². The lowest BCUT2D eigenvalue weighted by Gasteiger charge is -2.31. The van der Waals surface area contributed by atoms with E-state index in [1.54, 1.807) is 50.4 Å². The van der Waals surface area contributed by atoms with Crippen LogP contribution >= 0.6 is 0 Å². The molecule has 12 amide bonds. The molecule has 546 valence electrons. The van der Waals surface area contributed by atoms with E-state index in [1.807, 2.05) is 36.4 Å². The number of fused-ring (bicyclic) bond motifs is 3. The fourth-order valence-electron chi connectivity index (χ4n) is 13.1. The number of hydrogen-bond acceptors (Lipinski definition) is 14. The van der Waals surface area contributed by atoms with Gasteiger partial charge in [0.2, 0.25) is 70.9 Å². The van der Waals surface area contributed by atoms with Gasteiger partial charge >= 0.3 is 0 Å². The first kappa shape index (κ1) is 75.7. The smallest absolute Gasteiger partial charge is 0.245 e. The molecule has 6 aromatic rings. The number of aromatic amines is 1. The predicted octanol–water partition coefficient (Wildman–Crippen LogP) is 0.422. The fraction of sp³-hybridized carbons (Fsp3) is 0.411. The monoisotopic (exact) mass is 1420 g/mol.